The van der Waals surface area contributed by atoms with E-state index in [1.54, 1.807) is 0 Å². The summed E-state index contributed by atoms with van der Waals surface area (Å²) < 4.78 is 2.44. The van der Waals surface area contributed by atoms with Crippen LogP contribution in [0.4, 0.5) is 22.7 Å². The maximum atomic E-state index is 5.21. The highest BCUT2D eigenvalue weighted by Crippen LogP contribution is 2.47. The lowest BCUT2D eigenvalue weighted by Gasteiger charge is -2.27. The second-order valence-electron chi connectivity index (χ2n) is 14.3. The van der Waals surface area contributed by atoms with Crippen LogP contribution in [-0.2, 0) is 6.42 Å². The Kier molecular flexibility index (Phi) is 7.24. The van der Waals surface area contributed by atoms with Gasteiger partial charge in [0.25, 0.3) is 0 Å². The van der Waals surface area contributed by atoms with Crippen LogP contribution < -0.4 is 4.90 Å². The van der Waals surface area contributed by atoms with Crippen molar-refractivity contribution in [2.45, 2.75) is 6.42 Å². The summed E-state index contributed by atoms with van der Waals surface area (Å²) in [5, 5.41) is 7.38. The summed E-state index contributed by atoms with van der Waals surface area (Å²) in [5.74, 6) is 0. The molecule has 1 aliphatic rings. The van der Waals surface area contributed by atoms with Crippen LogP contribution in [0.5, 0.6) is 0 Å². The first-order chi connectivity index (χ1) is 27.3. The SMILES string of the molecule is c1ccc(C2=Nc3cc(N(c4ccc(-c5cccc6ccccc56)cc4)c4cccc5c4c4ccc6ccccc6c4n5-c4ccccc4)ccc3C2)cc1. The lowest BCUT2D eigenvalue weighted by molar-refractivity contribution is 1.18. The van der Waals surface area contributed by atoms with E-state index >= 15 is 0 Å². The molecule has 55 heavy (non-hydrogen) atoms. The summed E-state index contributed by atoms with van der Waals surface area (Å²) >= 11 is 0. The number of para-hydroxylation sites is 1. The van der Waals surface area contributed by atoms with Crippen molar-refractivity contribution in [3.05, 3.63) is 211 Å². The van der Waals surface area contributed by atoms with Crippen LogP contribution in [0.1, 0.15) is 11.1 Å². The maximum Gasteiger partial charge on any atom is 0.0690 e. The van der Waals surface area contributed by atoms with Crippen molar-refractivity contribution in [3.8, 4) is 16.8 Å². The Morgan fingerprint density at radius 2 is 1.15 bits per heavy atom. The molecule has 0 amide bonds. The van der Waals surface area contributed by atoms with Crippen LogP contribution in [0.15, 0.2) is 205 Å². The van der Waals surface area contributed by atoms with E-state index in [9.17, 15) is 0 Å². The van der Waals surface area contributed by atoms with E-state index in [1.165, 1.54) is 60.1 Å². The van der Waals surface area contributed by atoms with Gasteiger partial charge in [-0.2, -0.15) is 0 Å². The first-order valence-electron chi connectivity index (χ1n) is 18.9. The van der Waals surface area contributed by atoms with Gasteiger partial charge in [-0.1, -0.05) is 152 Å². The van der Waals surface area contributed by atoms with Gasteiger partial charge < -0.3 is 9.47 Å². The lowest BCUT2D eigenvalue weighted by atomic mass is 9.98. The van der Waals surface area contributed by atoms with Crippen LogP contribution in [0.3, 0.4) is 0 Å². The average molecular weight is 702 g/mol. The third-order valence-corrected chi connectivity index (χ3v) is 11.2. The smallest absolute Gasteiger partial charge is 0.0690 e. The van der Waals surface area contributed by atoms with Crippen molar-refractivity contribution in [3.63, 3.8) is 0 Å². The quantitative estimate of drug-likeness (QED) is 0.169. The number of nitrogens with zero attached hydrogens (tertiary/aromatic N) is 3. The minimum Gasteiger partial charge on any atom is -0.310 e. The van der Waals surface area contributed by atoms with Crippen molar-refractivity contribution < 1.29 is 0 Å². The summed E-state index contributed by atoms with van der Waals surface area (Å²) in [7, 11) is 0. The molecule has 9 aromatic carbocycles. The molecular formula is C52H35N3. The van der Waals surface area contributed by atoms with Crippen molar-refractivity contribution >= 4 is 71.8 Å². The minimum atomic E-state index is 0.826. The highest BCUT2D eigenvalue weighted by Gasteiger charge is 2.24. The van der Waals surface area contributed by atoms with Gasteiger partial charge in [0.15, 0.2) is 0 Å². The Hall–Kier alpha value is -7.23. The van der Waals surface area contributed by atoms with Crippen LogP contribution >= 0.6 is 0 Å². The molecule has 1 aromatic heterocycles. The van der Waals surface area contributed by atoms with E-state index in [0.29, 0.717) is 0 Å². The molecule has 0 unspecified atom stereocenters. The van der Waals surface area contributed by atoms with Gasteiger partial charge in [0.1, 0.15) is 0 Å². The molecular weight excluding hydrogens is 667 g/mol. The van der Waals surface area contributed by atoms with Crippen molar-refractivity contribution in [1.29, 1.82) is 0 Å². The molecule has 0 saturated heterocycles. The summed E-state index contributed by atoms with van der Waals surface area (Å²) in [6.45, 7) is 0. The monoisotopic (exact) mass is 701 g/mol. The van der Waals surface area contributed by atoms with Gasteiger partial charge in [-0.3, -0.25) is 4.99 Å². The molecule has 258 valence electrons. The fourth-order valence-corrected chi connectivity index (χ4v) is 8.64. The molecule has 0 N–H and O–H groups in total. The van der Waals surface area contributed by atoms with E-state index < -0.39 is 0 Å². The van der Waals surface area contributed by atoms with E-state index in [-0.39, 0.29) is 0 Å². The fraction of sp³-hybridized carbons (Fsp3) is 0.0192. The summed E-state index contributed by atoms with van der Waals surface area (Å²) in [5.41, 5.74) is 13.8. The predicted octanol–water partition coefficient (Wildman–Crippen LogP) is 13.9. The lowest BCUT2D eigenvalue weighted by Crippen LogP contribution is -2.10. The summed E-state index contributed by atoms with van der Waals surface area (Å²) in [6.07, 6.45) is 0.826. The number of hydrogen-bond donors (Lipinski definition) is 0. The van der Waals surface area contributed by atoms with Crippen LogP contribution in [0.2, 0.25) is 0 Å². The molecule has 0 fully saturated rings. The second-order valence-corrected chi connectivity index (χ2v) is 14.3. The van der Waals surface area contributed by atoms with Gasteiger partial charge in [-0.25, -0.2) is 0 Å². The molecule has 0 spiro atoms. The molecule has 10 aromatic rings. The Labute approximate surface area is 319 Å². The van der Waals surface area contributed by atoms with E-state index in [1.807, 2.05) is 0 Å². The number of rotatable bonds is 6. The number of anilines is 3. The Morgan fingerprint density at radius 1 is 0.473 bits per heavy atom. The van der Waals surface area contributed by atoms with Gasteiger partial charge >= 0.3 is 0 Å². The zero-order valence-corrected chi connectivity index (χ0v) is 30.1. The highest BCUT2D eigenvalue weighted by atomic mass is 15.1. The van der Waals surface area contributed by atoms with Gasteiger partial charge in [0.2, 0.25) is 0 Å². The third kappa shape index (κ3) is 5.16. The van der Waals surface area contributed by atoms with Crippen LogP contribution in [0, 0.1) is 0 Å². The summed E-state index contributed by atoms with van der Waals surface area (Å²) in [4.78, 5) is 7.64. The average Bonchev–Trinajstić information content (AvgIpc) is 3.84. The Morgan fingerprint density at radius 3 is 1.96 bits per heavy atom. The van der Waals surface area contributed by atoms with Crippen molar-refractivity contribution in [2.75, 3.05) is 4.90 Å². The number of hydrogen-bond acceptors (Lipinski definition) is 2. The fourth-order valence-electron chi connectivity index (χ4n) is 8.64. The molecule has 0 atom stereocenters. The number of aromatic nitrogens is 1. The normalized spacial score (nSPS) is 12.4. The number of fused-ring (bicyclic) bond motifs is 7. The molecule has 1 aliphatic heterocycles. The molecule has 0 aliphatic carbocycles. The first kappa shape index (κ1) is 31.3. The van der Waals surface area contributed by atoms with Crippen LogP contribution in [0.25, 0.3) is 60.2 Å². The molecule has 0 saturated carbocycles. The van der Waals surface area contributed by atoms with Gasteiger partial charge in [0.05, 0.1) is 28.1 Å². The van der Waals surface area contributed by atoms with Crippen molar-refractivity contribution in [1.82, 2.24) is 4.57 Å². The molecule has 3 heteroatoms. The Balaban J connectivity index is 1.16. The van der Waals surface area contributed by atoms with Gasteiger partial charge in [0, 0.05) is 39.6 Å². The maximum absolute atomic E-state index is 5.21. The largest absolute Gasteiger partial charge is 0.310 e. The second kappa shape index (κ2) is 12.7. The zero-order valence-electron chi connectivity index (χ0n) is 30.1. The first-order valence-corrected chi connectivity index (χ1v) is 18.9. The zero-order chi connectivity index (χ0) is 36.3. The van der Waals surface area contributed by atoms with E-state index in [4.69, 9.17) is 4.99 Å². The van der Waals surface area contributed by atoms with Crippen molar-refractivity contribution in [2.24, 2.45) is 4.99 Å². The highest BCUT2D eigenvalue weighted by molar-refractivity contribution is 6.23. The van der Waals surface area contributed by atoms with Gasteiger partial charge in [-0.05, 0) is 86.9 Å². The topological polar surface area (TPSA) is 20.5 Å². The number of aliphatic imine (C=N–C) groups is 1. The summed E-state index contributed by atoms with van der Waals surface area (Å²) in [6, 6.07) is 72.4. The minimum absolute atomic E-state index is 0.826. The van der Waals surface area contributed by atoms with E-state index in [0.717, 1.165) is 46.1 Å². The van der Waals surface area contributed by atoms with E-state index in [2.05, 4.69) is 210 Å². The molecule has 3 nitrogen and oxygen atoms in total. The predicted molar refractivity (Wildman–Crippen MR) is 232 cm³/mol. The molecule has 0 bridgehead atoms. The standard InChI is InChI=1S/C52H35N3/c1-3-15-38(16-4-1)47-33-39-27-31-42(34-48(39)53-47)54(41-29-25-37(26-30-41)44-22-11-17-35-13-7-9-20-43(35)44)49-23-12-24-50-51(49)46-32-28-36-14-8-10-21-45(36)52(46)55(50)40-18-5-2-6-19-40/h1-32,34H,33H2. The Bertz CT molecular complexity index is 3100. The van der Waals surface area contributed by atoms with Gasteiger partial charge in [-0.15, -0.1) is 0 Å². The molecule has 0 radical (unpaired) electrons. The third-order valence-electron chi connectivity index (χ3n) is 11.2. The molecule has 2 heterocycles. The molecule has 11 rings (SSSR count). The van der Waals surface area contributed by atoms with Crippen LogP contribution in [-0.4, -0.2) is 10.3 Å². The number of benzene rings is 9.